The van der Waals surface area contributed by atoms with Crippen molar-refractivity contribution in [2.45, 2.75) is 39.4 Å². The van der Waals surface area contributed by atoms with Crippen LogP contribution in [0.4, 0.5) is 0 Å². The van der Waals surface area contributed by atoms with Crippen LogP contribution in [0.5, 0.6) is 0 Å². The van der Waals surface area contributed by atoms with Gasteiger partial charge in [-0.15, -0.1) is 0 Å². The summed E-state index contributed by atoms with van der Waals surface area (Å²) in [5.74, 6) is -0.818. The lowest BCUT2D eigenvalue weighted by molar-refractivity contribution is 0.248. The number of aliphatic hydroxyl groups is 2. The first kappa shape index (κ1) is 13.9. The molecule has 2 unspecified atom stereocenters. The van der Waals surface area contributed by atoms with Crippen LogP contribution in [-0.4, -0.2) is 31.1 Å². The molecule has 0 fully saturated rings. The van der Waals surface area contributed by atoms with Crippen LogP contribution in [-0.2, 0) is 0 Å². The van der Waals surface area contributed by atoms with E-state index >= 15 is 0 Å². The van der Waals surface area contributed by atoms with E-state index in [1.165, 1.54) is 16.3 Å². The van der Waals surface area contributed by atoms with Gasteiger partial charge in [-0.05, 0) is 38.8 Å². The highest BCUT2D eigenvalue weighted by molar-refractivity contribution is 7.88. The van der Waals surface area contributed by atoms with Crippen molar-refractivity contribution in [1.82, 2.24) is 0 Å². The van der Waals surface area contributed by atoms with Crippen molar-refractivity contribution < 1.29 is 10.2 Å². The van der Waals surface area contributed by atoms with E-state index in [-0.39, 0.29) is 0 Å². The second-order valence-corrected chi connectivity index (χ2v) is 9.32. The molecule has 0 saturated heterocycles. The largest absolute Gasteiger partial charge is 0.389 e. The maximum Gasteiger partial charge on any atom is 0.122 e. The van der Waals surface area contributed by atoms with Crippen molar-refractivity contribution in [2.75, 3.05) is 0 Å². The molecule has 0 aliphatic carbocycles. The van der Waals surface area contributed by atoms with Crippen LogP contribution in [0.15, 0.2) is 18.2 Å². The fraction of sp³-hybridized carbons (Fsp3) is 0.500. The minimum Gasteiger partial charge on any atom is -0.389 e. The fourth-order valence-electron chi connectivity index (χ4n) is 1.51. The van der Waals surface area contributed by atoms with Crippen LogP contribution in [0, 0.1) is 13.8 Å². The maximum absolute atomic E-state index is 9.68. The summed E-state index contributed by atoms with van der Waals surface area (Å²) >= 11 is 0. The molecule has 2 nitrogen and oxygen atoms in total. The number of rotatable bonds is 4. The Kier molecular flexibility index (Phi) is 5.13. The van der Waals surface area contributed by atoms with E-state index in [1.807, 2.05) is 6.07 Å². The van der Waals surface area contributed by atoms with Crippen molar-refractivity contribution >= 4 is 21.8 Å². The Balaban J connectivity index is 2.90. The zero-order valence-corrected chi connectivity index (χ0v) is 12.1. The van der Waals surface area contributed by atoms with Gasteiger partial charge in [0.25, 0.3) is 0 Å². The van der Waals surface area contributed by atoms with E-state index in [0.29, 0.717) is 9.19 Å². The first-order chi connectivity index (χ1) is 7.43. The van der Waals surface area contributed by atoms with Gasteiger partial charge < -0.3 is 10.2 Å². The van der Waals surface area contributed by atoms with Crippen molar-refractivity contribution in [1.29, 1.82) is 0 Å². The molecule has 1 rings (SSSR count). The fourth-order valence-corrected chi connectivity index (χ4v) is 6.00. The lowest BCUT2D eigenvalue weighted by atomic mass is 10.1. The SMILES string of the molecule is Cc1cccc([Si]P(C(C)O)C(C)O)c1C. The molecule has 1 aromatic carbocycles. The van der Waals surface area contributed by atoms with Crippen LogP contribution in [0.3, 0.4) is 0 Å². The molecule has 4 heteroatoms. The first-order valence-corrected chi connectivity index (χ1v) is 8.73. The molecule has 1 aromatic rings. The van der Waals surface area contributed by atoms with Gasteiger partial charge in [-0.2, -0.15) is 0 Å². The van der Waals surface area contributed by atoms with E-state index in [1.54, 1.807) is 13.8 Å². The Hall–Kier alpha value is -0.213. The van der Waals surface area contributed by atoms with E-state index in [4.69, 9.17) is 0 Å². The predicted molar refractivity (Wildman–Crippen MR) is 71.6 cm³/mol. The molecule has 0 saturated carbocycles. The zero-order chi connectivity index (χ0) is 12.3. The third-order valence-corrected chi connectivity index (χ3v) is 9.05. The summed E-state index contributed by atoms with van der Waals surface area (Å²) in [6.07, 6.45) is 0. The van der Waals surface area contributed by atoms with Gasteiger partial charge in [0.1, 0.15) is 9.19 Å². The summed E-state index contributed by atoms with van der Waals surface area (Å²) in [5, 5.41) is 20.6. The van der Waals surface area contributed by atoms with Gasteiger partial charge in [0, 0.05) is 0 Å². The van der Waals surface area contributed by atoms with E-state index in [0.717, 1.165) is 0 Å². The zero-order valence-electron chi connectivity index (χ0n) is 10.2. The molecular formula is C12H19O2PSi. The van der Waals surface area contributed by atoms with Gasteiger partial charge in [0.2, 0.25) is 0 Å². The van der Waals surface area contributed by atoms with E-state index < -0.39 is 19.2 Å². The molecule has 0 amide bonds. The minimum absolute atomic E-state index is 0.409. The van der Waals surface area contributed by atoms with Crippen molar-refractivity contribution in [3.05, 3.63) is 29.3 Å². The molecule has 0 aliphatic heterocycles. The summed E-state index contributed by atoms with van der Waals surface area (Å²) in [4.78, 5) is 0. The lowest BCUT2D eigenvalue weighted by Crippen LogP contribution is -2.24. The number of aryl methyl sites for hydroxylation is 1. The average Bonchev–Trinajstić information content (AvgIpc) is 2.19. The molecular weight excluding hydrogens is 235 g/mol. The summed E-state index contributed by atoms with van der Waals surface area (Å²) in [7, 11) is -0.228. The summed E-state index contributed by atoms with van der Waals surface area (Å²) < 4.78 is 0. The molecule has 0 aromatic heterocycles. The monoisotopic (exact) mass is 254 g/mol. The molecule has 0 aliphatic rings. The standard InChI is InChI=1S/C12H19O2PSi/c1-8-6-5-7-12(9(8)2)16-15(10(3)13)11(4)14/h5-7,10-11,13-14H,1-4H3. The van der Waals surface area contributed by atoms with Crippen molar-refractivity contribution in [3.63, 3.8) is 0 Å². The number of aliphatic hydroxyl groups excluding tert-OH is 2. The number of benzene rings is 1. The Labute approximate surface area is 101 Å². The number of hydrogen-bond donors (Lipinski definition) is 2. The molecule has 0 spiro atoms. The average molecular weight is 254 g/mol. The van der Waals surface area contributed by atoms with Crippen LogP contribution in [0.2, 0.25) is 0 Å². The normalized spacial score (nSPS) is 16.9. The van der Waals surface area contributed by atoms with Crippen LogP contribution in [0.25, 0.3) is 0 Å². The summed E-state index contributed by atoms with van der Waals surface area (Å²) in [6, 6.07) is 6.24. The Morgan fingerprint density at radius 1 is 1.12 bits per heavy atom. The Morgan fingerprint density at radius 3 is 2.19 bits per heavy atom. The highest BCUT2D eigenvalue weighted by Gasteiger charge is 2.21. The van der Waals surface area contributed by atoms with Gasteiger partial charge in [0.15, 0.2) is 0 Å². The smallest absolute Gasteiger partial charge is 0.122 e. The number of hydrogen-bond acceptors (Lipinski definition) is 2. The van der Waals surface area contributed by atoms with Gasteiger partial charge >= 0.3 is 0 Å². The van der Waals surface area contributed by atoms with Crippen molar-refractivity contribution in [3.8, 4) is 0 Å². The van der Waals surface area contributed by atoms with Gasteiger partial charge in [0.05, 0.1) is 11.7 Å². The topological polar surface area (TPSA) is 40.5 Å². The molecule has 2 atom stereocenters. The Bertz CT molecular complexity index is 345. The van der Waals surface area contributed by atoms with E-state index in [2.05, 4.69) is 26.0 Å². The third kappa shape index (κ3) is 3.39. The maximum atomic E-state index is 9.68. The van der Waals surface area contributed by atoms with Crippen molar-refractivity contribution in [2.24, 2.45) is 0 Å². The van der Waals surface area contributed by atoms with Crippen LogP contribution < -0.4 is 5.19 Å². The molecule has 0 bridgehead atoms. The predicted octanol–water partition coefficient (Wildman–Crippen LogP) is 1.71. The lowest BCUT2D eigenvalue weighted by Gasteiger charge is -2.23. The van der Waals surface area contributed by atoms with Gasteiger partial charge in [-0.25, -0.2) is 0 Å². The summed E-state index contributed by atoms with van der Waals surface area (Å²) in [5.41, 5.74) is 2.56. The Morgan fingerprint density at radius 2 is 1.69 bits per heavy atom. The second kappa shape index (κ2) is 5.92. The molecule has 2 radical (unpaired) electrons. The molecule has 88 valence electrons. The molecule has 0 heterocycles. The van der Waals surface area contributed by atoms with Gasteiger partial charge in [-0.1, -0.05) is 30.9 Å². The highest BCUT2D eigenvalue weighted by atomic mass is 31.4. The quantitative estimate of drug-likeness (QED) is 0.634. The molecule has 2 N–H and O–H groups in total. The highest BCUT2D eigenvalue weighted by Crippen LogP contribution is 2.41. The molecule has 16 heavy (non-hydrogen) atoms. The second-order valence-electron chi connectivity index (χ2n) is 4.03. The van der Waals surface area contributed by atoms with Crippen LogP contribution in [0.1, 0.15) is 25.0 Å². The first-order valence-electron chi connectivity index (χ1n) is 5.41. The van der Waals surface area contributed by atoms with Gasteiger partial charge in [-0.3, -0.25) is 0 Å². The van der Waals surface area contributed by atoms with E-state index in [9.17, 15) is 10.2 Å². The summed E-state index contributed by atoms with van der Waals surface area (Å²) in [6.45, 7) is 7.75. The third-order valence-electron chi connectivity index (χ3n) is 2.66. The minimum atomic E-state index is -0.745. The van der Waals surface area contributed by atoms with Crippen LogP contribution >= 0.6 is 7.47 Å².